The average molecular weight is 334 g/mol. The third-order valence-corrected chi connectivity index (χ3v) is 5.37. The molecule has 1 heterocycles. The van der Waals surface area contributed by atoms with Gasteiger partial charge in [0.05, 0.1) is 27.7 Å². The summed E-state index contributed by atoms with van der Waals surface area (Å²) in [6, 6.07) is 3.68. The molecule has 1 N–H and O–H groups in total. The molecule has 1 aromatic rings. The molecule has 116 valence electrons. The van der Waals surface area contributed by atoms with Crippen molar-refractivity contribution in [2.75, 3.05) is 19.7 Å². The number of aromatic carboxylic acids is 1. The minimum Gasteiger partial charge on any atom is -0.478 e. The molecule has 1 saturated heterocycles. The van der Waals surface area contributed by atoms with E-state index in [9.17, 15) is 13.2 Å². The number of hydrogen-bond acceptors (Lipinski definition) is 4. The first kappa shape index (κ1) is 16.2. The van der Waals surface area contributed by atoms with Crippen LogP contribution in [0.5, 0.6) is 0 Å². The zero-order valence-corrected chi connectivity index (χ0v) is 13.2. The third kappa shape index (κ3) is 3.37. The van der Waals surface area contributed by atoms with E-state index in [0.717, 1.165) is 6.07 Å². The lowest BCUT2D eigenvalue weighted by Gasteiger charge is -2.37. The first-order valence-corrected chi connectivity index (χ1v) is 8.12. The molecular formula is C13H16ClNO5S. The van der Waals surface area contributed by atoms with Crippen LogP contribution in [0.3, 0.4) is 0 Å². The fourth-order valence-corrected chi connectivity index (χ4v) is 3.96. The molecule has 21 heavy (non-hydrogen) atoms. The molecule has 0 bridgehead atoms. The van der Waals surface area contributed by atoms with Crippen molar-refractivity contribution in [3.8, 4) is 0 Å². The number of morpholine rings is 1. The fourth-order valence-electron chi connectivity index (χ4n) is 2.16. The number of carbonyl (C=O) groups is 1. The fraction of sp³-hybridized carbons (Fsp3) is 0.462. The van der Waals surface area contributed by atoms with Gasteiger partial charge in [-0.3, -0.25) is 0 Å². The van der Waals surface area contributed by atoms with E-state index in [1.165, 1.54) is 16.4 Å². The van der Waals surface area contributed by atoms with Gasteiger partial charge in [0, 0.05) is 13.1 Å². The molecule has 1 fully saturated rings. The Labute approximate surface area is 128 Å². The number of carboxylic acids is 1. The van der Waals surface area contributed by atoms with Gasteiger partial charge < -0.3 is 9.84 Å². The molecule has 8 heteroatoms. The molecular weight excluding hydrogens is 318 g/mol. The molecule has 2 rings (SSSR count). The molecule has 1 aliphatic heterocycles. The van der Waals surface area contributed by atoms with Crippen LogP contribution in [0.15, 0.2) is 23.1 Å². The van der Waals surface area contributed by atoms with Crippen LogP contribution in [-0.2, 0) is 14.8 Å². The number of rotatable bonds is 3. The lowest BCUT2D eigenvalue weighted by molar-refractivity contribution is -0.0640. The smallest absolute Gasteiger partial charge is 0.337 e. The largest absolute Gasteiger partial charge is 0.478 e. The maximum atomic E-state index is 12.6. The van der Waals surface area contributed by atoms with Crippen molar-refractivity contribution in [2.45, 2.75) is 24.3 Å². The highest BCUT2D eigenvalue weighted by atomic mass is 35.5. The van der Waals surface area contributed by atoms with Crippen LogP contribution in [0.1, 0.15) is 24.2 Å². The second-order valence-corrected chi connectivity index (χ2v) is 7.74. The Balaban J connectivity index is 2.40. The zero-order valence-electron chi connectivity index (χ0n) is 11.7. The SMILES string of the molecule is CC1(C)CN(S(=O)(=O)c2ccc(Cl)c(C(=O)O)c2)CCO1. The summed E-state index contributed by atoms with van der Waals surface area (Å²) in [5.41, 5.74) is -0.807. The summed E-state index contributed by atoms with van der Waals surface area (Å²) in [5.74, 6) is -1.26. The van der Waals surface area contributed by atoms with Crippen LogP contribution in [0.4, 0.5) is 0 Å². The van der Waals surface area contributed by atoms with Crippen molar-refractivity contribution in [2.24, 2.45) is 0 Å². The molecule has 1 aliphatic rings. The van der Waals surface area contributed by atoms with E-state index in [-0.39, 0.29) is 28.6 Å². The van der Waals surface area contributed by atoms with Crippen molar-refractivity contribution >= 4 is 27.6 Å². The van der Waals surface area contributed by atoms with Gasteiger partial charge in [-0.25, -0.2) is 13.2 Å². The van der Waals surface area contributed by atoms with Gasteiger partial charge in [-0.2, -0.15) is 4.31 Å². The molecule has 0 atom stereocenters. The summed E-state index contributed by atoms with van der Waals surface area (Å²) in [4.78, 5) is 11.0. The second kappa shape index (κ2) is 5.57. The highest BCUT2D eigenvalue weighted by molar-refractivity contribution is 7.89. The van der Waals surface area contributed by atoms with Crippen molar-refractivity contribution in [3.63, 3.8) is 0 Å². The Hall–Kier alpha value is -1.15. The van der Waals surface area contributed by atoms with Gasteiger partial charge in [0.25, 0.3) is 0 Å². The zero-order chi connectivity index (χ0) is 15.8. The molecule has 0 aliphatic carbocycles. The predicted molar refractivity (Wildman–Crippen MR) is 77.2 cm³/mol. The molecule has 1 aromatic carbocycles. The van der Waals surface area contributed by atoms with E-state index in [0.29, 0.717) is 6.61 Å². The summed E-state index contributed by atoms with van der Waals surface area (Å²) in [6.45, 7) is 4.35. The second-order valence-electron chi connectivity index (χ2n) is 5.39. The quantitative estimate of drug-likeness (QED) is 0.912. The van der Waals surface area contributed by atoms with Crippen molar-refractivity contribution < 1.29 is 23.1 Å². The number of nitrogens with zero attached hydrogens (tertiary/aromatic N) is 1. The van der Waals surface area contributed by atoms with Crippen LogP contribution in [0, 0.1) is 0 Å². The van der Waals surface area contributed by atoms with Crippen LogP contribution < -0.4 is 0 Å². The highest BCUT2D eigenvalue weighted by Crippen LogP contribution is 2.26. The Kier molecular flexibility index (Phi) is 4.30. The molecule has 0 aromatic heterocycles. The van der Waals surface area contributed by atoms with Crippen LogP contribution >= 0.6 is 11.6 Å². The molecule has 0 saturated carbocycles. The number of sulfonamides is 1. The van der Waals surface area contributed by atoms with E-state index >= 15 is 0 Å². The average Bonchev–Trinajstić information content (AvgIpc) is 2.37. The van der Waals surface area contributed by atoms with E-state index in [1.54, 1.807) is 13.8 Å². The monoisotopic (exact) mass is 333 g/mol. The summed E-state index contributed by atoms with van der Waals surface area (Å²) in [7, 11) is -3.77. The number of carboxylic acid groups (broad SMARTS) is 1. The summed E-state index contributed by atoms with van der Waals surface area (Å²) < 4.78 is 32.0. The highest BCUT2D eigenvalue weighted by Gasteiger charge is 2.35. The minimum atomic E-state index is -3.77. The first-order valence-electron chi connectivity index (χ1n) is 6.30. The Morgan fingerprint density at radius 3 is 2.67 bits per heavy atom. The summed E-state index contributed by atoms with van der Waals surface area (Å²) >= 11 is 5.76. The van der Waals surface area contributed by atoms with E-state index < -0.39 is 21.6 Å². The Morgan fingerprint density at radius 1 is 1.43 bits per heavy atom. The maximum absolute atomic E-state index is 12.6. The lowest BCUT2D eigenvalue weighted by atomic mass is 10.1. The van der Waals surface area contributed by atoms with E-state index in [1.807, 2.05) is 0 Å². The van der Waals surface area contributed by atoms with Crippen LogP contribution in [0.2, 0.25) is 5.02 Å². The number of halogens is 1. The van der Waals surface area contributed by atoms with Crippen molar-refractivity contribution in [1.29, 1.82) is 0 Å². The molecule has 0 unspecified atom stereocenters. The van der Waals surface area contributed by atoms with Gasteiger partial charge in [-0.1, -0.05) is 11.6 Å². The Bertz CT molecular complexity index is 671. The number of hydrogen-bond donors (Lipinski definition) is 1. The van der Waals surface area contributed by atoms with Gasteiger partial charge in [0.15, 0.2) is 0 Å². The molecule has 0 amide bonds. The Morgan fingerprint density at radius 2 is 2.10 bits per heavy atom. The van der Waals surface area contributed by atoms with Crippen LogP contribution in [0.25, 0.3) is 0 Å². The topological polar surface area (TPSA) is 83.9 Å². The molecule has 0 spiro atoms. The number of ether oxygens (including phenoxy) is 1. The first-order chi connectivity index (χ1) is 9.63. The van der Waals surface area contributed by atoms with Crippen molar-refractivity contribution in [1.82, 2.24) is 4.31 Å². The molecule has 0 radical (unpaired) electrons. The van der Waals surface area contributed by atoms with Crippen molar-refractivity contribution in [3.05, 3.63) is 28.8 Å². The van der Waals surface area contributed by atoms with Gasteiger partial charge in [-0.15, -0.1) is 0 Å². The lowest BCUT2D eigenvalue weighted by Crippen LogP contribution is -2.50. The number of benzene rings is 1. The van der Waals surface area contributed by atoms with Crippen LogP contribution in [-0.4, -0.2) is 49.1 Å². The minimum absolute atomic E-state index is 0.00348. The summed E-state index contributed by atoms with van der Waals surface area (Å²) in [5, 5.41) is 9.04. The van der Waals surface area contributed by atoms with Gasteiger partial charge in [-0.05, 0) is 32.0 Å². The van der Waals surface area contributed by atoms with Gasteiger partial charge >= 0.3 is 5.97 Å². The van der Waals surface area contributed by atoms with Gasteiger partial charge in [0.2, 0.25) is 10.0 Å². The standard InChI is InChI=1S/C13H16ClNO5S/c1-13(2)8-15(5-6-20-13)21(18,19)9-3-4-11(14)10(7-9)12(16)17/h3-4,7H,5-6,8H2,1-2H3,(H,16,17). The van der Waals surface area contributed by atoms with E-state index in [2.05, 4.69) is 0 Å². The van der Waals surface area contributed by atoms with E-state index in [4.69, 9.17) is 21.4 Å². The third-order valence-electron chi connectivity index (χ3n) is 3.20. The normalized spacial score (nSPS) is 19.4. The molecule has 6 nitrogen and oxygen atoms in total. The summed E-state index contributed by atoms with van der Waals surface area (Å²) in [6.07, 6.45) is 0. The predicted octanol–water partition coefficient (Wildman–Crippen LogP) is 1.84. The maximum Gasteiger partial charge on any atom is 0.337 e. The van der Waals surface area contributed by atoms with Gasteiger partial charge in [0.1, 0.15) is 0 Å².